The van der Waals surface area contributed by atoms with Gasteiger partial charge < -0.3 is 0 Å². The van der Waals surface area contributed by atoms with Gasteiger partial charge in [0.2, 0.25) is 22.9 Å². The van der Waals surface area contributed by atoms with E-state index < -0.39 is 0 Å². The van der Waals surface area contributed by atoms with Crippen LogP contribution < -0.4 is 9.13 Å². The fourth-order valence-electron chi connectivity index (χ4n) is 5.58. The van der Waals surface area contributed by atoms with Crippen LogP contribution in [0.15, 0.2) is 103 Å². The number of pyridine rings is 2. The summed E-state index contributed by atoms with van der Waals surface area (Å²) in [6, 6.07) is 28.7. The van der Waals surface area contributed by atoms with Crippen LogP contribution in [0.25, 0.3) is 28.2 Å². The zero-order valence-corrected chi connectivity index (χ0v) is 19.8. The molecule has 1 aliphatic heterocycles. The van der Waals surface area contributed by atoms with Crippen LogP contribution in [0.1, 0.15) is 50.9 Å². The van der Waals surface area contributed by atoms with Crippen molar-refractivity contribution in [2.24, 2.45) is 0 Å². The lowest BCUT2D eigenvalue weighted by molar-refractivity contribution is -0.732. The van der Waals surface area contributed by atoms with Crippen molar-refractivity contribution in [2.45, 2.75) is 45.2 Å². The Labute approximate surface area is 197 Å². The normalized spacial score (nSPS) is 15.4. The first-order chi connectivity index (χ1) is 16.1. The zero-order valence-electron chi connectivity index (χ0n) is 19.8. The van der Waals surface area contributed by atoms with E-state index in [-0.39, 0.29) is 11.6 Å². The van der Waals surface area contributed by atoms with Gasteiger partial charge in [-0.1, -0.05) is 50.8 Å². The van der Waals surface area contributed by atoms with Crippen LogP contribution in [0.2, 0.25) is 0 Å². The van der Waals surface area contributed by atoms with Gasteiger partial charge in [0.25, 0.3) is 0 Å². The molecule has 0 saturated carbocycles. The molecule has 2 aromatic carbocycles. The van der Waals surface area contributed by atoms with Gasteiger partial charge in [-0.2, -0.15) is 9.13 Å². The number of allylic oxidation sites excluding steroid dienone is 2. The molecule has 5 rings (SSSR count). The van der Waals surface area contributed by atoms with Gasteiger partial charge in [0, 0.05) is 59.7 Å². The molecule has 0 amide bonds. The van der Waals surface area contributed by atoms with Crippen molar-refractivity contribution >= 4 is 17.0 Å². The minimum Gasteiger partial charge on any atom is -0.187 e. The number of benzene rings is 2. The minimum absolute atomic E-state index is 0.133. The number of nitrogens with zero attached hydrogens (tertiary/aromatic N) is 2. The molecule has 1 aliphatic rings. The van der Waals surface area contributed by atoms with E-state index in [1.807, 2.05) is 0 Å². The highest BCUT2D eigenvalue weighted by Gasteiger charge is 2.39. The Morgan fingerprint density at radius 3 is 2.42 bits per heavy atom. The summed E-state index contributed by atoms with van der Waals surface area (Å²) < 4.78 is 4.92. The summed E-state index contributed by atoms with van der Waals surface area (Å²) in [4.78, 5) is 0. The highest BCUT2D eigenvalue weighted by atomic mass is 15.1. The fourth-order valence-corrected chi connectivity index (χ4v) is 5.58. The van der Waals surface area contributed by atoms with Crippen LogP contribution in [-0.2, 0) is 5.54 Å². The number of para-hydroxylation sites is 1. The fraction of sp³-hybridized carbons (Fsp3) is 0.226. The molecule has 0 saturated heterocycles. The van der Waals surface area contributed by atoms with Crippen LogP contribution in [0.4, 0.5) is 0 Å². The predicted molar refractivity (Wildman–Crippen MR) is 137 cm³/mol. The van der Waals surface area contributed by atoms with Gasteiger partial charge in [-0.25, -0.2) is 0 Å². The third-order valence-corrected chi connectivity index (χ3v) is 7.43. The second kappa shape index (κ2) is 8.44. The van der Waals surface area contributed by atoms with Gasteiger partial charge in [-0.15, -0.1) is 0 Å². The van der Waals surface area contributed by atoms with E-state index in [4.69, 9.17) is 0 Å². The first kappa shape index (κ1) is 21.3. The lowest BCUT2D eigenvalue weighted by Crippen LogP contribution is -2.56. The van der Waals surface area contributed by atoms with Crippen LogP contribution in [0.5, 0.6) is 0 Å². The highest BCUT2D eigenvalue weighted by Crippen LogP contribution is 2.37. The Morgan fingerprint density at radius 1 is 0.909 bits per heavy atom. The van der Waals surface area contributed by atoms with Crippen molar-refractivity contribution < 1.29 is 9.13 Å². The summed E-state index contributed by atoms with van der Waals surface area (Å²) in [6.45, 7) is 11.1. The molecule has 3 heterocycles. The molecule has 1 atom stereocenters. The Hall–Kier alpha value is -3.52. The molecule has 0 N–H and O–H groups in total. The molecule has 0 aliphatic carbocycles. The van der Waals surface area contributed by atoms with Crippen LogP contribution in [-0.4, -0.2) is 0 Å². The Morgan fingerprint density at radius 2 is 1.64 bits per heavy atom. The van der Waals surface area contributed by atoms with E-state index >= 15 is 0 Å². The van der Waals surface area contributed by atoms with E-state index in [2.05, 4.69) is 134 Å². The topological polar surface area (TPSA) is 7.76 Å². The number of hydrogen-bond acceptors (Lipinski definition) is 0. The largest absolute Gasteiger partial charge is 0.213 e. The number of aromatic nitrogens is 2. The Bertz CT molecular complexity index is 1330. The highest BCUT2D eigenvalue weighted by molar-refractivity contribution is 5.76. The van der Waals surface area contributed by atoms with E-state index in [1.165, 1.54) is 39.0 Å². The monoisotopic (exact) mass is 432 g/mol. The molecule has 2 heteroatoms. The summed E-state index contributed by atoms with van der Waals surface area (Å²) in [5.41, 5.74) is 7.63. The summed E-state index contributed by atoms with van der Waals surface area (Å²) in [7, 11) is 0. The van der Waals surface area contributed by atoms with Crippen molar-refractivity contribution in [1.82, 2.24) is 0 Å². The van der Waals surface area contributed by atoms with Crippen LogP contribution in [0.3, 0.4) is 0 Å². The molecule has 4 aromatic rings. The molecule has 2 aromatic heterocycles. The smallest absolute Gasteiger partial charge is 0.187 e. The predicted octanol–water partition coefficient (Wildman–Crippen LogP) is 6.79. The van der Waals surface area contributed by atoms with E-state index in [0.29, 0.717) is 0 Å². The number of hydrogen-bond donors (Lipinski definition) is 0. The molecule has 2 nitrogen and oxygen atoms in total. The minimum atomic E-state index is -0.133. The lowest BCUT2D eigenvalue weighted by Gasteiger charge is -2.25. The maximum atomic E-state index is 4.27. The van der Waals surface area contributed by atoms with Crippen molar-refractivity contribution in [3.05, 3.63) is 115 Å². The average Bonchev–Trinajstić information content (AvgIpc) is 3.21. The molecule has 1 unspecified atom stereocenters. The van der Waals surface area contributed by atoms with Crippen molar-refractivity contribution in [3.63, 3.8) is 0 Å². The van der Waals surface area contributed by atoms with Crippen LogP contribution >= 0.6 is 0 Å². The van der Waals surface area contributed by atoms with Crippen molar-refractivity contribution in [1.29, 1.82) is 0 Å². The maximum Gasteiger partial charge on any atom is 0.213 e. The van der Waals surface area contributed by atoms with Gasteiger partial charge >= 0.3 is 0 Å². The molecule has 0 spiro atoms. The molecule has 164 valence electrons. The third kappa shape index (κ3) is 3.33. The molecule has 33 heavy (non-hydrogen) atoms. The summed E-state index contributed by atoms with van der Waals surface area (Å²) in [5, 5.41) is 1.26. The van der Waals surface area contributed by atoms with Gasteiger partial charge in [-0.05, 0) is 37.3 Å². The van der Waals surface area contributed by atoms with Gasteiger partial charge in [0.05, 0.1) is 5.56 Å². The Balaban J connectivity index is 1.74. The van der Waals surface area contributed by atoms with Gasteiger partial charge in [0.15, 0.2) is 11.7 Å². The molecule has 0 fully saturated rings. The molecule has 0 radical (unpaired) electrons. The van der Waals surface area contributed by atoms with Crippen LogP contribution in [0, 0.1) is 0 Å². The van der Waals surface area contributed by atoms with E-state index in [9.17, 15) is 0 Å². The first-order valence-electron chi connectivity index (χ1n) is 12.0. The van der Waals surface area contributed by atoms with Gasteiger partial charge in [-0.3, -0.25) is 0 Å². The molecule has 0 bridgehead atoms. The summed E-state index contributed by atoms with van der Waals surface area (Å²) in [6.07, 6.45) is 8.72. The first-order valence-corrected chi connectivity index (χ1v) is 12.0. The average molecular weight is 433 g/mol. The second-order valence-corrected chi connectivity index (χ2v) is 9.04. The maximum absolute atomic E-state index is 4.27. The second-order valence-electron chi connectivity index (χ2n) is 9.04. The van der Waals surface area contributed by atoms with E-state index in [1.54, 1.807) is 0 Å². The summed E-state index contributed by atoms with van der Waals surface area (Å²) in [5.74, 6) is 0. The van der Waals surface area contributed by atoms with Crippen molar-refractivity contribution in [3.8, 4) is 11.3 Å². The number of fused-ring (bicyclic) bond motifs is 4. The van der Waals surface area contributed by atoms with Gasteiger partial charge in [0.1, 0.15) is 0 Å². The van der Waals surface area contributed by atoms with E-state index in [0.717, 1.165) is 12.8 Å². The Kier molecular flexibility index (Phi) is 5.46. The lowest BCUT2D eigenvalue weighted by atomic mass is 9.90. The number of rotatable bonds is 6. The third-order valence-electron chi connectivity index (χ3n) is 7.43. The quantitative estimate of drug-likeness (QED) is 0.234. The molecular formula is C31H32N2+2. The standard InChI is InChI=1S/C31H32N2/c1-5-31(6-2,7-3)33-25(20-19-24-14-8-11-17-28(24)33)22-23(4)30-27-16-10-9-15-26(27)29-18-12-13-21-32(29)30/h5,8-22,30H,1,6-7H2,2-4H3/q+2. The summed E-state index contributed by atoms with van der Waals surface area (Å²) >= 11 is 0. The molecular weight excluding hydrogens is 400 g/mol. The zero-order chi connectivity index (χ0) is 23.0. The van der Waals surface area contributed by atoms with Crippen molar-refractivity contribution in [2.75, 3.05) is 0 Å². The SMILES string of the molecule is C=CC(CC)(CC)[n+]1c(C=C(C)C2c3ccccc3-c3cccc[n+]32)ccc2ccccc21.